The van der Waals surface area contributed by atoms with Gasteiger partial charge in [-0.1, -0.05) is 46.3 Å². The highest BCUT2D eigenvalue weighted by Crippen LogP contribution is 2.41. The Balaban J connectivity index is 1.83. The summed E-state index contributed by atoms with van der Waals surface area (Å²) in [5, 5.41) is 15.2. The SMILES string of the molecule is Cc1nc2sc([C@H](c3cccc(Br)c3)N3CCC[C@H](C)C3)c(O)n2n1. The number of piperidine rings is 1. The lowest BCUT2D eigenvalue weighted by Gasteiger charge is -2.37. The van der Waals surface area contributed by atoms with E-state index in [1.54, 1.807) is 4.52 Å². The number of aryl methyl sites for hydroxylation is 1. The Hall–Kier alpha value is -1.44. The molecule has 1 aliphatic rings. The maximum Gasteiger partial charge on any atom is 0.230 e. The Bertz CT molecular complexity index is 906. The predicted octanol–water partition coefficient (Wildman–Crippen LogP) is 4.39. The van der Waals surface area contributed by atoms with Crippen LogP contribution in [0.3, 0.4) is 0 Å². The minimum atomic E-state index is 0.0223. The van der Waals surface area contributed by atoms with Gasteiger partial charge in [-0.05, 0) is 49.9 Å². The van der Waals surface area contributed by atoms with Crippen LogP contribution in [0, 0.1) is 12.8 Å². The molecule has 2 atom stereocenters. The number of likely N-dealkylation sites (tertiary alicyclic amines) is 1. The van der Waals surface area contributed by atoms with Crippen LogP contribution in [-0.4, -0.2) is 37.7 Å². The molecule has 0 radical (unpaired) electrons. The molecule has 132 valence electrons. The highest BCUT2D eigenvalue weighted by molar-refractivity contribution is 9.10. The van der Waals surface area contributed by atoms with E-state index in [0.717, 1.165) is 27.4 Å². The molecule has 1 saturated heterocycles. The van der Waals surface area contributed by atoms with Crippen LogP contribution >= 0.6 is 27.3 Å². The molecule has 1 N–H and O–H groups in total. The molecular formula is C18H21BrN4OS. The van der Waals surface area contributed by atoms with Gasteiger partial charge in [0, 0.05) is 11.0 Å². The van der Waals surface area contributed by atoms with Gasteiger partial charge < -0.3 is 5.11 Å². The Morgan fingerprint density at radius 1 is 1.40 bits per heavy atom. The third-order valence-corrected chi connectivity index (χ3v) is 6.34. The second-order valence-corrected chi connectivity index (χ2v) is 8.77. The number of nitrogens with zero attached hydrogens (tertiary/aromatic N) is 4. The van der Waals surface area contributed by atoms with E-state index in [-0.39, 0.29) is 11.9 Å². The van der Waals surface area contributed by atoms with Crippen LogP contribution in [0.2, 0.25) is 0 Å². The summed E-state index contributed by atoms with van der Waals surface area (Å²) in [5.74, 6) is 1.55. The molecule has 5 nitrogen and oxygen atoms in total. The fraction of sp³-hybridized carbons (Fsp3) is 0.444. The van der Waals surface area contributed by atoms with Crippen LogP contribution in [0.15, 0.2) is 28.7 Å². The van der Waals surface area contributed by atoms with Gasteiger partial charge in [-0.2, -0.15) is 4.52 Å². The number of hydrogen-bond acceptors (Lipinski definition) is 5. The first-order valence-electron chi connectivity index (χ1n) is 8.57. The van der Waals surface area contributed by atoms with E-state index in [1.165, 1.54) is 29.7 Å². The van der Waals surface area contributed by atoms with Gasteiger partial charge in [-0.3, -0.25) is 4.90 Å². The second kappa shape index (κ2) is 6.70. The Morgan fingerprint density at radius 3 is 2.96 bits per heavy atom. The maximum atomic E-state index is 10.8. The van der Waals surface area contributed by atoms with Gasteiger partial charge >= 0.3 is 0 Å². The van der Waals surface area contributed by atoms with Gasteiger partial charge in [0.2, 0.25) is 10.8 Å². The molecule has 7 heteroatoms. The summed E-state index contributed by atoms with van der Waals surface area (Å²) < 4.78 is 2.61. The molecule has 0 bridgehead atoms. The zero-order chi connectivity index (χ0) is 17.6. The quantitative estimate of drug-likeness (QED) is 0.682. The fourth-order valence-electron chi connectivity index (χ4n) is 3.69. The van der Waals surface area contributed by atoms with E-state index in [9.17, 15) is 5.11 Å². The van der Waals surface area contributed by atoms with Crippen LogP contribution in [-0.2, 0) is 0 Å². The van der Waals surface area contributed by atoms with Crippen molar-refractivity contribution in [3.63, 3.8) is 0 Å². The van der Waals surface area contributed by atoms with Crippen LogP contribution in [0.5, 0.6) is 5.88 Å². The smallest absolute Gasteiger partial charge is 0.230 e. The summed E-state index contributed by atoms with van der Waals surface area (Å²) in [6, 6.07) is 8.39. The van der Waals surface area contributed by atoms with E-state index in [4.69, 9.17) is 0 Å². The second-order valence-electron chi connectivity index (χ2n) is 6.84. The van der Waals surface area contributed by atoms with Crippen molar-refractivity contribution in [2.75, 3.05) is 13.1 Å². The maximum absolute atomic E-state index is 10.8. The van der Waals surface area contributed by atoms with Crippen molar-refractivity contribution in [3.05, 3.63) is 45.0 Å². The molecule has 0 unspecified atom stereocenters. The number of aromatic hydroxyl groups is 1. The minimum absolute atomic E-state index is 0.0223. The number of aromatic nitrogens is 3. The third kappa shape index (κ3) is 3.20. The molecule has 2 aromatic heterocycles. The largest absolute Gasteiger partial charge is 0.492 e. The number of thiazole rings is 1. The predicted molar refractivity (Wildman–Crippen MR) is 103 cm³/mol. The van der Waals surface area contributed by atoms with Gasteiger partial charge in [0.25, 0.3) is 0 Å². The summed E-state index contributed by atoms with van der Waals surface area (Å²) >= 11 is 5.12. The molecule has 3 aromatic rings. The van der Waals surface area contributed by atoms with Gasteiger partial charge in [-0.15, -0.1) is 5.10 Å². The highest BCUT2D eigenvalue weighted by atomic mass is 79.9. The molecule has 0 aliphatic carbocycles. The molecule has 0 amide bonds. The zero-order valence-electron chi connectivity index (χ0n) is 14.3. The highest BCUT2D eigenvalue weighted by Gasteiger charge is 2.31. The number of rotatable bonds is 3. The van der Waals surface area contributed by atoms with E-state index in [0.29, 0.717) is 11.7 Å². The lowest BCUT2D eigenvalue weighted by atomic mass is 9.95. The summed E-state index contributed by atoms with van der Waals surface area (Å²) in [5.41, 5.74) is 1.18. The lowest BCUT2D eigenvalue weighted by molar-refractivity contribution is 0.149. The number of fused-ring (bicyclic) bond motifs is 1. The normalized spacial score (nSPS) is 20.2. The molecular weight excluding hydrogens is 400 g/mol. The van der Waals surface area contributed by atoms with Crippen molar-refractivity contribution >= 4 is 32.2 Å². The first-order valence-corrected chi connectivity index (χ1v) is 10.2. The van der Waals surface area contributed by atoms with E-state index < -0.39 is 0 Å². The first kappa shape index (κ1) is 17.0. The fourth-order valence-corrected chi connectivity index (χ4v) is 5.27. The summed E-state index contributed by atoms with van der Waals surface area (Å²) in [6.45, 7) is 6.21. The Kier molecular flexibility index (Phi) is 4.56. The molecule has 3 heterocycles. The average Bonchev–Trinajstić information content (AvgIpc) is 3.06. The van der Waals surface area contributed by atoms with Crippen molar-refractivity contribution in [2.45, 2.75) is 32.7 Å². The van der Waals surface area contributed by atoms with Crippen molar-refractivity contribution in [1.29, 1.82) is 0 Å². The average molecular weight is 421 g/mol. The summed E-state index contributed by atoms with van der Waals surface area (Å²) in [4.78, 5) is 8.58. The van der Waals surface area contributed by atoms with Gasteiger partial charge in [0.15, 0.2) is 0 Å². The van der Waals surface area contributed by atoms with E-state index in [2.05, 4.69) is 56.0 Å². The Labute approximate surface area is 159 Å². The molecule has 0 spiro atoms. The third-order valence-electron chi connectivity index (χ3n) is 4.77. The lowest BCUT2D eigenvalue weighted by Crippen LogP contribution is -2.37. The van der Waals surface area contributed by atoms with Gasteiger partial charge in [0.05, 0.1) is 10.9 Å². The zero-order valence-corrected chi connectivity index (χ0v) is 16.7. The standard InChI is InChI=1S/C18H21BrN4OS/c1-11-5-4-8-22(10-11)15(13-6-3-7-14(19)9-13)16-17(24)23-18(25-16)20-12(2)21-23/h3,6-7,9,11,15,24H,4-5,8,10H2,1-2H3/t11-,15-/m0/s1. The molecule has 1 aromatic carbocycles. The summed E-state index contributed by atoms with van der Waals surface area (Å²) in [6.07, 6.45) is 2.45. The van der Waals surface area contributed by atoms with Gasteiger partial charge in [-0.25, -0.2) is 4.98 Å². The molecule has 4 rings (SSSR count). The molecule has 25 heavy (non-hydrogen) atoms. The van der Waals surface area contributed by atoms with Crippen LogP contribution < -0.4 is 0 Å². The molecule has 1 aliphatic heterocycles. The monoisotopic (exact) mass is 420 g/mol. The summed E-state index contributed by atoms with van der Waals surface area (Å²) in [7, 11) is 0. The van der Waals surface area contributed by atoms with Crippen molar-refractivity contribution < 1.29 is 5.11 Å². The van der Waals surface area contributed by atoms with Crippen LogP contribution in [0.25, 0.3) is 4.96 Å². The van der Waals surface area contributed by atoms with Crippen LogP contribution in [0.4, 0.5) is 0 Å². The van der Waals surface area contributed by atoms with Crippen molar-refractivity contribution in [3.8, 4) is 5.88 Å². The molecule has 0 saturated carbocycles. The van der Waals surface area contributed by atoms with Crippen LogP contribution in [0.1, 0.15) is 42.1 Å². The van der Waals surface area contributed by atoms with E-state index in [1.807, 2.05) is 13.0 Å². The van der Waals surface area contributed by atoms with Crippen molar-refractivity contribution in [1.82, 2.24) is 19.5 Å². The number of halogens is 1. The van der Waals surface area contributed by atoms with Crippen molar-refractivity contribution in [2.24, 2.45) is 5.92 Å². The topological polar surface area (TPSA) is 53.7 Å². The Morgan fingerprint density at radius 2 is 2.24 bits per heavy atom. The molecule has 1 fully saturated rings. The van der Waals surface area contributed by atoms with E-state index >= 15 is 0 Å². The number of benzene rings is 1. The first-order chi connectivity index (χ1) is 12.0. The number of hydrogen-bond donors (Lipinski definition) is 1. The van der Waals surface area contributed by atoms with Gasteiger partial charge in [0.1, 0.15) is 5.82 Å². The minimum Gasteiger partial charge on any atom is -0.492 e.